The first kappa shape index (κ1) is 12.4. The zero-order valence-corrected chi connectivity index (χ0v) is 11.1. The van der Waals surface area contributed by atoms with Gasteiger partial charge in [-0.1, -0.05) is 5.16 Å². The molecule has 9 heteroatoms. The van der Waals surface area contributed by atoms with Gasteiger partial charge in [0, 0.05) is 12.1 Å². The van der Waals surface area contributed by atoms with Crippen LogP contribution in [-0.2, 0) is 6.54 Å². The molecule has 3 aromatic heterocycles. The zero-order chi connectivity index (χ0) is 14.1. The summed E-state index contributed by atoms with van der Waals surface area (Å²) in [6.07, 6.45) is 1.66. The van der Waals surface area contributed by atoms with E-state index in [9.17, 15) is 0 Å². The van der Waals surface area contributed by atoms with Gasteiger partial charge in [-0.25, -0.2) is 5.84 Å². The van der Waals surface area contributed by atoms with Gasteiger partial charge in [0.15, 0.2) is 5.65 Å². The predicted molar refractivity (Wildman–Crippen MR) is 72.8 cm³/mol. The first-order valence-corrected chi connectivity index (χ1v) is 6.02. The topological polar surface area (TPSA) is 131 Å². The zero-order valence-electron chi connectivity index (χ0n) is 11.1. The number of nitrogens with two attached hydrogens (primary N) is 1. The lowest BCUT2D eigenvalue weighted by Crippen LogP contribution is -2.12. The van der Waals surface area contributed by atoms with Crippen LogP contribution in [0.1, 0.15) is 17.0 Å². The predicted octanol–water partition coefficient (Wildman–Crippen LogP) is 0.855. The number of rotatable bonds is 4. The number of hydrazine groups is 1. The number of hydrogen-bond donors (Lipinski definition) is 4. The molecule has 9 nitrogen and oxygen atoms in total. The van der Waals surface area contributed by atoms with Crippen LogP contribution in [-0.4, -0.2) is 25.3 Å². The molecule has 0 spiro atoms. The summed E-state index contributed by atoms with van der Waals surface area (Å²) in [6, 6.07) is 0. The Morgan fingerprint density at radius 3 is 2.90 bits per heavy atom. The minimum atomic E-state index is 0.308. The van der Waals surface area contributed by atoms with Crippen molar-refractivity contribution in [3.63, 3.8) is 0 Å². The van der Waals surface area contributed by atoms with Gasteiger partial charge in [0.05, 0.1) is 17.3 Å². The van der Waals surface area contributed by atoms with Crippen molar-refractivity contribution in [2.24, 2.45) is 5.84 Å². The molecule has 0 radical (unpaired) electrons. The number of hydrogen-bond acceptors (Lipinski definition) is 8. The number of nitrogens with zero attached hydrogens (tertiary/aromatic N) is 4. The van der Waals surface area contributed by atoms with Crippen molar-refractivity contribution < 1.29 is 4.52 Å². The van der Waals surface area contributed by atoms with Crippen LogP contribution < -0.4 is 16.6 Å². The number of nitrogens with one attached hydrogen (secondary N) is 3. The van der Waals surface area contributed by atoms with Crippen molar-refractivity contribution in [1.29, 1.82) is 0 Å². The number of fused-ring (bicyclic) bond motifs is 1. The van der Waals surface area contributed by atoms with Crippen LogP contribution in [0.15, 0.2) is 10.7 Å². The minimum Gasteiger partial charge on any atom is -0.365 e. The molecule has 20 heavy (non-hydrogen) atoms. The first-order valence-electron chi connectivity index (χ1n) is 6.02. The Bertz CT molecular complexity index is 727. The van der Waals surface area contributed by atoms with Gasteiger partial charge >= 0.3 is 0 Å². The summed E-state index contributed by atoms with van der Waals surface area (Å²) in [7, 11) is 0. The fourth-order valence-electron chi connectivity index (χ4n) is 1.96. The molecule has 0 fully saturated rings. The van der Waals surface area contributed by atoms with Crippen molar-refractivity contribution in [1.82, 2.24) is 25.3 Å². The third kappa shape index (κ3) is 2.03. The summed E-state index contributed by atoms with van der Waals surface area (Å²) in [6.45, 7) is 4.31. The summed E-state index contributed by atoms with van der Waals surface area (Å²) in [5.74, 6) is 7.08. The lowest BCUT2D eigenvalue weighted by Gasteiger charge is -2.07. The van der Waals surface area contributed by atoms with Crippen molar-refractivity contribution in [2.45, 2.75) is 20.4 Å². The van der Waals surface area contributed by atoms with E-state index in [0.717, 1.165) is 22.4 Å². The molecule has 3 heterocycles. The van der Waals surface area contributed by atoms with E-state index in [4.69, 9.17) is 10.4 Å². The molecule has 0 bridgehead atoms. The average Bonchev–Trinajstić information content (AvgIpc) is 3.04. The van der Waals surface area contributed by atoms with Gasteiger partial charge in [-0.15, -0.1) is 0 Å². The first-order chi connectivity index (χ1) is 9.69. The number of aryl methyl sites for hydroxylation is 2. The maximum absolute atomic E-state index is 5.36. The lowest BCUT2D eigenvalue weighted by molar-refractivity contribution is 0.392. The van der Waals surface area contributed by atoms with Crippen molar-refractivity contribution in [3.05, 3.63) is 23.2 Å². The molecule has 3 rings (SSSR count). The quantitative estimate of drug-likeness (QED) is 0.407. The standard InChI is InChI=1S/C11H14N8O/c1-5-7(6(2)20-19-5)3-13-9-8-4-14-18-10(8)16-11(15-9)17-12/h4H,3,12H2,1-2H3,(H3,13,14,15,16,17,18). The van der Waals surface area contributed by atoms with Crippen LogP contribution in [0.4, 0.5) is 11.8 Å². The Labute approximate surface area is 113 Å². The third-order valence-corrected chi connectivity index (χ3v) is 3.05. The van der Waals surface area contributed by atoms with Gasteiger partial charge < -0.3 is 9.84 Å². The van der Waals surface area contributed by atoms with Crippen LogP contribution in [0, 0.1) is 13.8 Å². The molecule has 0 unspecified atom stereocenters. The molecule has 0 atom stereocenters. The smallest absolute Gasteiger partial charge is 0.241 e. The molecule has 0 saturated carbocycles. The van der Waals surface area contributed by atoms with Crippen molar-refractivity contribution in [3.8, 4) is 0 Å². The number of anilines is 2. The third-order valence-electron chi connectivity index (χ3n) is 3.05. The molecular formula is C11H14N8O. The SMILES string of the molecule is Cc1noc(C)c1CNc1nc(NN)nc2[nH]ncc12. The van der Waals surface area contributed by atoms with Crippen LogP contribution in [0.2, 0.25) is 0 Å². The summed E-state index contributed by atoms with van der Waals surface area (Å²) in [5.41, 5.74) is 4.88. The van der Waals surface area contributed by atoms with E-state index in [-0.39, 0.29) is 0 Å². The average molecular weight is 274 g/mol. The van der Waals surface area contributed by atoms with Crippen molar-refractivity contribution in [2.75, 3.05) is 10.7 Å². The Kier molecular flexibility index (Phi) is 2.95. The van der Waals surface area contributed by atoms with E-state index in [0.29, 0.717) is 24.0 Å². The second kappa shape index (κ2) is 4.78. The number of aromatic nitrogens is 5. The minimum absolute atomic E-state index is 0.308. The molecule has 0 amide bonds. The fraction of sp³-hybridized carbons (Fsp3) is 0.273. The second-order valence-corrected chi connectivity index (χ2v) is 4.33. The fourth-order valence-corrected chi connectivity index (χ4v) is 1.96. The van der Waals surface area contributed by atoms with E-state index in [1.807, 2.05) is 13.8 Å². The Hall–Kier alpha value is -2.68. The number of nitrogen functional groups attached to an aromatic ring is 1. The lowest BCUT2D eigenvalue weighted by atomic mass is 10.2. The highest BCUT2D eigenvalue weighted by Crippen LogP contribution is 2.21. The van der Waals surface area contributed by atoms with E-state index in [2.05, 4.69) is 36.1 Å². The molecule has 0 aliphatic carbocycles. The van der Waals surface area contributed by atoms with E-state index in [1.165, 1.54) is 0 Å². The second-order valence-electron chi connectivity index (χ2n) is 4.33. The normalized spacial score (nSPS) is 10.9. The van der Waals surface area contributed by atoms with Crippen LogP contribution in [0.3, 0.4) is 0 Å². The molecular weight excluding hydrogens is 260 g/mol. The van der Waals surface area contributed by atoms with Gasteiger partial charge in [-0.3, -0.25) is 10.5 Å². The van der Waals surface area contributed by atoms with Gasteiger partial charge in [0.25, 0.3) is 0 Å². The van der Waals surface area contributed by atoms with Crippen LogP contribution >= 0.6 is 0 Å². The molecule has 0 saturated heterocycles. The van der Waals surface area contributed by atoms with Gasteiger partial charge in [-0.05, 0) is 13.8 Å². The Morgan fingerprint density at radius 1 is 1.35 bits per heavy atom. The van der Waals surface area contributed by atoms with E-state index in [1.54, 1.807) is 6.20 Å². The molecule has 0 aliphatic heterocycles. The highest BCUT2D eigenvalue weighted by molar-refractivity contribution is 5.86. The van der Waals surface area contributed by atoms with Crippen LogP contribution in [0.5, 0.6) is 0 Å². The number of H-pyrrole nitrogens is 1. The molecule has 0 aromatic carbocycles. The maximum Gasteiger partial charge on any atom is 0.241 e. The summed E-state index contributed by atoms with van der Waals surface area (Å²) in [4.78, 5) is 8.44. The molecule has 0 aliphatic rings. The van der Waals surface area contributed by atoms with Gasteiger partial charge in [-0.2, -0.15) is 15.1 Å². The summed E-state index contributed by atoms with van der Waals surface area (Å²) < 4.78 is 5.13. The molecule has 3 aromatic rings. The summed E-state index contributed by atoms with van der Waals surface area (Å²) >= 11 is 0. The van der Waals surface area contributed by atoms with Gasteiger partial charge in [0.2, 0.25) is 5.95 Å². The Balaban J connectivity index is 1.92. The number of aromatic amines is 1. The molecule has 104 valence electrons. The maximum atomic E-state index is 5.36. The highest BCUT2D eigenvalue weighted by Gasteiger charge is 2.12. The van der Waals surface area contributed by atoms with E-state index >= 15 is 0 Å². The molecule has 5 N–H and O–H groups in total. The Morgan fingerprint density at radius 2 is 2.20 bits per heavy atom. The monoisotopic (exact) mass is 274 g/mol. The van der Waals surface area contributed by atoms with E-state index < -0.39 is 0 Å². The van der Waals surface area contributed by atoms with Crippen molar-refractivity contribution >= 4 is 22.8 Å². The highest BCUT2D eigenvalue weighted by atomic mass is 16.5. The van der Waals surface area contributed by atoms with Crippen LogP contribution in [0.25, 0.3) is 11.0 Å². The largest absolute Gasteiger partial charge is 0.365 e. The van der Waals surface area contributed by atoms with Gasteiger partial charge in [0.1, 0.15) is 11.6 Å². The summed E-state index contributed by atoms with van der Waals surface area (Å²) in [5, 5.41) is 14.7.